The summed E-state index contributed by atoms with van der Waals surface area (Å²) in [5, 5.41) is 12.5. The Kier molecular flexibility index (Phi) is 8.05. The number of carbonyl (C=O) groups is 1. The molecule has 2 N–H and O–H groups in total. The summed E-state index contributed by atoms with van der Waals surface area (Å²) in [7, 11) is 0. The van der Waals surface area contributed by atoms with Crippen LogP contribution < -0.4 is 21.4 Å². The highest BCUT2D eigenvalue weighted by molar-refractivity contribution is 6.30. The zero-order valence-corrected chi connectivity index (χ0v) is 20.8. The number of carboxylic acids is 1. The van der Waals surface area contributed by atoms with E-state index in [1.54, 1.807) is 55.5 Å². The fraction of sp³-hybridized carbons (Fsp3) is 0.185. The predicted molar refractivity (Wildman–Crippen MR) is 141 cm³/mol. The van der Waals surface area contributed by atoms with Crippen LogP contribution in [0.3, 0.4) is 0 Å². The van der Waals surface area contributed by atoms with Gasteiger partial charge in [0, 0.05) is 23.7 Å². The number of hydrogen-bond acceptors (Lipinski definition) is 6. The number of nitrogens with zero attached hydrogens (tertiary/aromatic N) is 3. The summed E-state index contributed by atoms with van der Waals surface area (Å²) >= 11 is 5.98. The molecule has 0 spiro atoms. The van der Waals surface area contributed by atoms with Crippen LogP contribution in [0, 0.1) is 0 Å². The molecule has 9 nitrogen and oxygen atoms in total. The number of hydrogen-bond donors (Lipinski definition) is 2. The van der Waals surface area contributed by atoms with E-state index in [1.807, 2.05) is 24.3 Å². The van der Waals surface area contributed by atoms with E-state index in [0.29, 0.717) is 28.6 Å². The normalized spacial score (nSPS) is 10.8. The summed E-state index contributed by atoms with van der Waals surface area (Å²) in [4.78, 5) is 40.4. The van der Waals surface area contributed by atoms with Crippen LogP contribution in [0.1, 0.15) is 24.5 Å². The molecule has 0 aliphatic carbocycles. The number of ether oxygens (including phenoxy) is 1. The van der Waals surface area contributed by atoms with Gasteiger partial charge in [0.2, 0.25) is 5.95 Å². The Bertz CT molecular complexity index is 1510. The maximum absolute atomic E-state index is 13.0. The van der Waals surface area contributed by atoms with Crippen LogP contribution in [0.5, 0.6) is 11.5 Å². The lowest BCUT2D eigenvalue weighted by Crippen LogP contribution is -2.42. The van der Waals surface area contributed by atoms with Gasteiger partial charge in [-0.25, -0.2) is 14.2 Å². The number of aliphatic carboxylic acids is 1. The van der Waals surface area contributed by atoms with E-state index >= 15 is 0 Å². The van der Waals surface area contributed by atoms with E-state index in [0.717, 1.165) is 15.7 Å². The molecule has 1 heterocycles. The van der Waals surface area contributed by atoms with Crippen molar-refractivity contribution in [3.8, 4) is 11.5 Å². The number of carboxylic acid groups (broad SMARTS) is 1. The summed E-state index contributed by atoms with van der Waals surface area (Å²) in [6.45, 7) is 2.12. The second-order valence-electron chi connectivity index (χ2n) is 8.25. The first-order chi connectivity index (χ1) is 17.8. The van der Waals surface area contributed by atoms with Crippen molar-refractivity contribution >= 4 is 29.2 Å². The third kappa shape index (κ3) is 6.65. The van der Waals surface area contributed by atoms with Crippen molar-refractivity contribution in [2.24, 2.45) is 0 Å². The average molecular weight is 521 g/mol. The van der Waals surface area contributed by atoms with Crippen LogP contribution in [0.15, 0.2) is 82.4 Å². The van der Waals surface area contributed by atoms with Gasteiger partial charge in [-0.2, -0.15) is 4.98 Å². The highest BCUT2D eigenvalue weighted by atomic mass is 35.5. The minimum Gasteiger partial charge on any atom is -0.481 e. The van der Waals surface area contributed by atoms with Gasteiger partial charge in [-0.1, -0.05) is 35.9 Å². The zero-order valence-electron chi connectivity index (χ0n) is 20.1. The molecule has 0 radical (unpaired) electrons. The maximum Gasteiger partial charge on any atom is 0.354 e. The lowest BCUT2D eigenvalue weighted by Gasteiger charge is -2.15. The van der Waals surface area contributed by atoms with E-state index in [9.17, 15) is 14.4 Å². The largest absolute Gasteiger partial charge is 0.481 e. The number of benzene rings is 3. The van der Waals surface area contributed by atoms with E-state index in [-0.39, 0.29) is 25.5 Å². The van der Waals surface area contributed by atoms with Gasteiger partial charge in [0.1, 0.15) is 11.5 Å². The molecule has 0 fully saturated rings. The molecule has 0 bridgehead atoms. The van der Waals surface area contributed by atoms with Gasteiger partial charge in [-0.3, -0.25) is 9.36 Å². The van der Waals surface area contributed by atoms with Crippen LogP contribution >= 0.6 is 11.6 Å². The third-order valence-electron chi connectivity index (χ3n) is 5.59. The number of aromatic nitrogens is 3. The van der Waals surface area contributed by atoms with Gasteiger partial charge in [0.15, 0.2) is 0 Å². The first-order valence-corrected chi connectivity index (χ1v) is 12.0. The molecule has 4 aromatic rings. The lowest BCUT2D eigenvalue weighted by atomic mass is 10.1. The molecule has 37 heavy (non-hydrogen) atoms. The zero-order chi connectivity index (χ0) is 26.4. The monoisotopic (exact) mass is 520 g/mol. The van der Waals surface area contributed by atoms with Crippen LogP contribution in [0.25, 0.3) is 0 Å². The van der Waals surface area contributed by atoms with Crippen molar-refractivity contribution in [1.29, 1.82) is 0 Å². The minimum absolute atomic E-state index is 0.0454. The molecule has 4 rings (SSSR count). The molecule has 0 saturated carbocycles. The molecular weight excluding hydrogens is 496 g/mol. The quantitative estimate of drug-likeness (QED) is 0.312. The summed E-state index contributed by atoms with van der Waals surface area (Å²) in [5.41, 5.74) is 1.19. The highest BCUT2D eigenvalue weighted by Crippen LogP contribution is 2.25. The summed E-state index contributed by atoms with van der Waals surface area (Å²) in [5.74, 6) is 0.419. The van der Waals surface area contributed by atoms with Gasteiger partial charge in [0.25, 0.3) is 0 Å². The van der Waals surface area contributed by atoms with Gasteiger partial charge in [-0.05, 0) is 73.0 Å². The number of nitrogens with one attached hydrogen (secondary N) is 1. The summed E-state index contributed by atoms with van der Waals surface area (Å²) in [6.07, 6.45) is 0.459. The van der Waals surface area contributed by atoms with Gasteiger partial charge in [0.05, 0.1) is 6.54 Å². The average Bonchev–Trinajstić information content (AvgIpc) is 2.88. The topological polar surface area (TPSA) is 115 Å². The SMILES string of the molecule is CCn1c(=O)nc(Nc2ccc(Oc3cccc(CCC(=O)O)c3)cc2)n(Cc2ccc(Cl)cc2)c1=O. The number of aryl methyl sites for hydroxylation is 1. The summed E-state index contributed by atoms with van der Waals surface area (Å²) in [6, 6.07) is 21.3. The highest BCUT2D eigenvalue weighted by Gasteiger charge is 2.13. The Balaban J connectivity index is 1.54. The van der Waals surface area contributed by atoms with Crippen LogP contribution in [-0.4, -0.2) is 25.2 Å². The van der Waals surface area contributed by atoms with Crippen molar-refractivity contribution in [3.63, 3.8) is 0 Å². The van der Waals surface area contributed by atoms with Crippen molar-refractivity contribution in [1.82, 2.24) is 14.1 Å². The van der Waals surface area contributed by atoms with Crippen molar-refractivity contribution in [2.45, 2.75) is 32.9 Å². The smallest absolute Gasteiger partial charge is 0.354 e. The van der Waals surface area contributed by atoms with Crippen molar-refractivity contribution < 1.29 is 14.6 Å². The second kappa shape index (κ2) is 11.6. The Labute approximate surface area is 217 Å². The number of anilines is 2. The first kappa shape index (κ1) is 25.7. The number of rotatable bonds is 10. The Hall–Kier alpha value is -4.37. The molecule has 0 aliphatic heterocycles. The van der Waals surface area contributed by atoms with Gasteiger partial charge < -0.3 is 15.2 Å². The minimum atomic E-state index is -0.852. The molecule has 10 heteroatoms. The molecular formula is C27H25ClN4O5. The fourth-order valence-electron chi connectivity index (χ4n) is 3.70. The van der Waals surface area contributed by atoms with E-state index < -0.39 is 17.3 Å². The van der Waals surface area contributed by atoms with Crippen LogP contribution in [0.4, 0.5) is 11.6 Å². The van der Waals surface area contributed by atoms with Crippen molar-refractivity contribution in [2.75, 3.05) is 5.32 Å². The van der Waals surface area contributed by atoms with E-state index in [2.05, 4.69) is 10.3 Å². The molecule has 0 unspecified atom stereocenters. The lowest BCUT2D eigenvalue weighted by molar-refractivity contribution is -0.136. The van der Waals surface area contributed by atoms with Gasteiger partial charge in [-0.15, -0.1) is 0 Å². The van der Waals surface area contributed by atoms with Crippen molar-refractivity contribution in [3.05, 3.63) is 110 Å². The molecule has 1 aromatic heterocycles. The molecule has 0 amide bonds. The Morgan fingerprint density at radius 3 is 2.38 bits per heavy atom. The summed E-state index contributed by atoms with van der Waals surface area (Å²) < 4.78 is 8.38. The van der Waals surface area contributed by atoms with Crippen LogP contribution in [-0.2, 0) is 24.3 Å². The third-order valence-corrected chi connectivity index (χ3v) is 5.84. The van der Waals surface area contributed by atoms with Crippen LogP contribution in [0.2, 0.25) is 5.02 Å². The Morgan fingerprint density at radius 2 is 1.70 bits per heavy atom. The van der Waals surface area contributed by atoms with E-state index in [1.165, 1.54) is 4.57 Å². The number of halogens is 1. The predicted octanol–water partition coefficient (Wildman–Crippen LogP) is 4.68. The molecule has 190 valence electrons. The first-order valence-electron chi connectivity index (χ1n) is 11.6. The molecule has 3 aromatic carbocycles. The van der Waals surface area contributed by atoms with E-state index in [4.69, 9.17) is 21.4 Å². The maximum atomic E-state index is 13.0. The van der Waals surface area contributed by atoms with Gasteiger partial charge >= 0.3 is 17.3 Å². The fourth-order valence-corrected chi connectivity index (χ4v) is 3.82. The standard InChI is InChI=1S/C27H25ClN4O5/c1-2-31-26(35)30-25(32(27(31)36)17-19-6-9-20(28)10-7-19)29-21-11-13-22(14-12-21)37-23-5-3-4-18(16-23)8-15-24(33)34/h3-7,9-14,16H,2,8,15,17H2,1H3,(H,33,34)(H,29,30,35). The molecule has 0 saturated heterocycles. The molecule has 0 aliphatic rings. The Morgan fingerprint density at radius 1 is 0.973 bits per heavy atom. The second-order valence-corrected chi connectivity index (χ2v) is 8.69. The molecule has 0 atom stereocenters.